The second-order valence-corrected chi connectivity index (χ2v) is 5.87. The van der Waals surface area contributed by atoms with Crippen molar-refractivity contribution in [3.8, 4) is 0 Å². The van der Waals surface area contributed by atoms with E-state index in [-0.39, 0.29) is 0 Å². The molecular formula is C5H11O3PS. The Morgan fingerprint density at radius 1 is 1.40 bits per heavy atom. The summed E-state index contributed by atoms with van der Waals surface area (Å²) in [4.78, 5) is 17.0. The van der Waals surface area contributed by atoms with Crippen molar-refractivity contribution in [1.82, 2.24) is 0 Å². The molecule has 0 bridgehead atoms. The summed E-state index contributed by atoms with van der Waals surface area (Å²) in [6.07, 6.45) is 2.74. The SMILES string of the molecule is O=P(O)(O)C1CCCCS1. The maximum Gasteiger partial charge on any atom is 0.338 e. The topological polar surface area (TPSA) is 57.5 Å². The van der Waals surface area contributed by atoms with E-state index in [9.17, 15) is 4.57 Å². The van der Waals surface area contributed by atoms with Crippen LogP contribution in [0.25, 0.3) is 0 Å². The molecule has 10 heavy (non-hydrogen) atoms. The van der Waals surface area contributed by atoms with E-state index in [0.717, 1.165) is 18.6 Å². The molecule has 60 valence electrons. The first-order chi connectivity index (χ1) is 4.61. The quantitative estimate of drug-likeness (QED) is 0.602. The van der Waals surface area contributed by atoms with Crippen molar-refractivity contribution in [2.75, 3.05) is 5.75 Å². The molecule has 1 rings (SSSR count). The van der Waals surface area contributed by atoms with Gasteiger partial charge in [-0.2, -0.15) is 0 Å². The van der Waals surface area contributed by atoms with Crippen molar-refractivity contribution in [2.45, 2.75) is 24.3 Å². The monoisotopic (exact) mass is 182 g/mol. The fourth-order valence-corrected chi connectivity index (χ4v) is 3.58. The lowest BCUT2D eigenvalue weighted by Crippen LogP contribution is -2.09. The fraction of sp³-hybridized carbons (Fsp3) is 1.00. The maximum absolute atomic E-state index is 10.7. The Bertz CT molecular complexity index is 149. The number of hydrogen-bond donors (Lipinski definition) is 2. The van der Waals surface area contributed by atoms with Crippen LogP contribution in [0.2, 0.25) is 0 Å². The molecule has 1 saturated heterocycles. The standard InChI is InChI=1S/C5H11O3PS/c6-9(7,8)5-3-1-2-4-10-5/h5H,1-4H2,(H2,6,7,8). The van der Waals surface area contributed by atoms with Crippen LogP contribution in [0.4, 0.5) is 0 Å². The van der Waals surface area contributed by atoms with Crippen molar-refractivity contribution < 1.29 is 14.4 Å². The molecule has 0 aliphatic carbocycles. The van der Waals surface area contributed by atoms with E-state index in [1.807, 2.05) is 0 Å². The minimum absolute atomic E-state index is 0.416. The summed E-state index contributed by atoms with van der Waals surface area (Å²) in [5.41, 5.74) is 0. The first-order valence-corrected chi connectivity index (χ1v) is 6.00. The van der Waals surface area contributed by atoms with E-state index in [2.05, 4.69) is 0 Å². The largest absolute Gasteiger partial charge is 0.338 e. The van der Waals surface area contributed by atoms with Crippen LogP contribution in [0.5, 0.6) is 0 Å². The lowest BCUT2D eigenvalue weighted by molar-refractivity contribution is 0.366. The van der Waals surface area contributed by atoms with Crippen LogP contribution in [-0.4, -0.2) is 20.5 Å². The van der Waals surface area contributed by atoms with Gasteiger partial charge < -0.3 is 9.79 Å². The van der Waals surface area contributed by atoms with Crippen molar-refractivity contribution in [3.63, 3.8) is 0 Å². The first-order valence-electron chi connectivity index (χ1n) is 3.27. The summed E-state index contributed by atoms with van der Waals surface area (Å²) in [6, 6.07) is 0. The van der Waals surface area contributed by atoms with Crippen LogP contribution in [0.1, 0.15) is 19.3 Å². The van der Waals surface area contributed by atoms with Crippen LogP contribution in [0, 0.1) is 0 Å². The van der Waals surface area contributed by atoms with Gasteiger partial charge in [-0.1, -0.05) is 6.42 Å². The molecule has 2 N–H and O–H groups in total. The van der Waals surface area contributed by atoms with Gasteiger partial charge in [-0.05, 0) is 18.6 Å². The average molecular weight is 182 g/mol. The molecule has 0 amide bonds. The van der Waals surface area contributed by atoms with Gasteiger partial charge in [0.25, 0.3) is 0 Å². The molecule has 0 aromatic carbocycles. The van der Waals surface area contributed by atoms with E-state index in [1.54, 1.807) is 0 Å². The Morgan fingerprint density at radius 2 is 2.10 bits per heavy atom. The Labute approximate surface area is 64.4 Å². The Balaban J connectivity index is 2.47. The Kier molecular flexibility index (Phi) is 2.81. The molecule has 1 unspecified atom stereocenters. The molecule has 0 spiro atoms. The molecule has 1 fully saturated rings. The van der Waals surface area contributed by atoms with Crippen molar-refractivity contribution in [3.05, 3.63) is 0 Å². The molecule has 1 aliphatic heterocycles. The highest BCUT2D eigenvalue weighted by atomic mass is 32.2. The third-order valence-electron chi connectivity index (χ3n) is 1.53. The summed E-state index contributed by atoms with van der Waals surface area (Å²) in [7, 11) is -3.78. The summed E-state index contributed by atoms with van der Waals surface area (Å²) in [5.74, 6) is 0.899. The van der Waals surface area contributed by atoms with E-state index in [0.29, 0.717) is 6.42 Å². The molecule has 0 radical (unpaired) electrons. The highest BCUT2D eigenvalue weighted by Crippen LogP contribution is 2.51. The van der Waals surface area contributed by atoms with Gasteiger partial charge in [-0.3, -0.25) is 4.57 Å². The fourth-order valence-electron chi connectivity index (χ4n) is 0.989. The molecule has 1 atom stereocenters. The third-order valence-corrected chi connectivity index (χ3v) is 4.96. The van der Waals surface area contributed by atoms with Gasteiger partial charge in [0.2, 0.25) is 0 Å². The summed E-state index contributed by atoms with van der Waals surface area (Å²) >= 11 is 1.41. The second kappa shape index (κ2) is 3.26. The zero-order chi connectivity index (χ0) is 7.61. The van der Waals surface area contributed by atoms with Crippen LogP contribution < -0.4 is 0 Å². The number of thioether (sulfide) groups is 1. The Morgan fingerprint density at radius 3 is 2.40 bits per heavy atom. The lowest BCUT2D eigenvalue weighted by Gasteiger charge is -2.21. The molecule has 1 aliphatic rings. The third kappa shape index (κ3) is 2.27. The average Bonchev–Trinajstić information content (AvgIpc) is 1.88. The van der Waals surface area contributed by atoms with Crippen LogP contribution in [0.3, 0.4) is 0 Å². The number of rotatable bonds is 1. The van der Waals surface area contributed by atoms with Crippen LogP contribution in [-0.2, 0) is 4.57 Å². The second-order valence-electron chi connectivity index (χ2n) is 2.41. The van der Waals surface area contributed by atoms with Crippen LogP contribution in [0.15, 0.2) is 0 Å². The van der Waals surface area contributed by atoms with Gasteiger partial charge >= 0.3 is 7.60 Å². The van der Waals surface area contributed by atoms with Gasteiger partial charge in [0.1, 0.15) is 4.99 Å². The summed E-state index contributed by atoms with van der Waals surface area (Å²) in [6.45, 7) is 0. The molecule has 0 aromatic rings. The molecule has 0 aromatic heterocycles. The minimum atomic E-state index is -3.78. The molecule has 3 nitrogen and oxygen atoms in total. The summed E-state index contributed by atoms with van der Waals surface area (Å²) < 4.78 is 10.7. The van der Waals surface area contributed by atoms with E-state index in [1.165, 1.54) is 11.8 Å². The van der Waals surface area contributed by atoms with Crippen molar-refractivity contribution in [1.29, 1.82) is 0 Å². The molecular weight excluding hydrogens is 171 g/mol. The highest BCUT2D eigenvalue weighted by Gasteiger charge is 2.30. The van der Waals surface area contributed by atoms with Gasteiger partial charge in [-0.15, -0.1) is 11.8 Å². The normalized spacial score (nSPS) is 28.4. The zero-order valence-electron chi connectivity index (χ0n) is 5.56. The van der Waals surface area contributed by atoms with Crippen molar-refractivity contribution >= 4 is 19.4 Å². The smallest absolute Gasteiger partial charge is 0.324 e. The molecule has 5 heteroatoms. The van der Waals surface area contributed by atoms with E-state index in [4.69, 9.17) is 9.79 Å². The predicted octanol–water partition coefficient (Wildman–Crippen LogP) is 1.41. The van der Waals surface area contributed by atoms with Crippen LogP contribution >= 0.6 is 19.4 Å². The van der Waals surface area contributed by atoms with Gasteiger partial charge in [-0.25, -0.2) is 0 Å². The van der Waals surface area contributed by atoms with Crippen molar-refractivity contribution in [2.24, 2.45) is 0 Å². The van der Waals surface area contributed by atoms with E-state index >= 15 is 0 Å². The van der Waals surface area contributed by atoms with E-state index < -0.39 is 12.6 Å². The molecule has 1 heterocycles. The van der Waals surface area contributed by atoms with Gasteiger partial charge in [0, 0.05) is 0 Å². The van der Waals surface area contributed by atoms with Gasteiger partial charge in [0.15, 0.2) is 0 Å². The maximum atomic E-state index is 10.7. The highest BCUT2D eigenvalue weighted by molar-refractivity contribution is 8.05. The first kappa shape index (κ1) is 8.60. The number of hydrogen-bond acceptors (Lipinski definition) is 2. The summed E-state index contributed by atoms with van der Waals surface area (Å²) in [5, 5.41) is 0. The minimum Gasteiger partial charge on any atom is -0.324 e. The predicted molar refractivity (Wildman–Crippen MR) is 42.1 cm³/mol. The Hall–Kier alpha value is 0.500. The lowest BCUT2D eigenvalue weighted by atomic mass is 10.3. The zero-order valence-corrected chi connectivity index (χ0v) is 7.27. The molecule has 0 saturated carbocycles. The van der Waals surface area contributed by atoms with Gasteiger partial charge in [0.05, 0.1) is 0 Å².